The molecule has 104 valence electrons. The number of amides is 1. The van der Waals surface area contributed by atoms with E-state index in [2.05, 4.69) is 5.16 Å². The Balaban J connectivity index is 2.98. The number of carbonyl (C=O) groups is 1. The van der Waals surface area contributed by atoms with Gasteiger partial charge in [-0.15, -0.1) is 0 Å². The summed E-state index contributed by atoms with van der Waals surface area (Å²) in [5, 5.41) is 21.8. The summed E-state index contributed by atoms with van der Waals surface area (Å²) in [6.45, 7) is 6.20. The van der Waals surface area contributed by atoms with Crippen molar-refractivity contribution in [2.24, 2.45) is 16.3 Å². The molecule has 18 heavy (non-hydrogen) atoms. The molecule has 1 saturated heterocycles. The first-order valence-corrected chi connectivity index (χ1v) is 6.32. The summed E-state index contributed by atoms with van der Waals surface area (Å²) in [5.74, 6) is -0.218. The van der Waals surface area contributed by atoms with Gasteiger partial charge in [0.1, 0.15) is 5.41 Å². The van der Waals surface area contributed by atoms with E-state index < -0.39 is 11.0 Å². The SMILES string of the molecule is CCC(CC)(C(=O)N1CCC(C)(O)C1)C(N)=NO. The van der Waals surface area contributed by atoms with Crippen LogP contribution in [0.15, 0.2) is 5.16 Å². The Morgan fingerprint density at radius 2 is 2.06 bits per heavy atom. The fraction of sp³-hybridized carbons (Fsp3) is 0.833. The van der Waals surface area contributed by atoms with E-state index in [1.165, 1.54) is 0 Å². The quantitative estimate of drug-likeness (QED) is 0.296. The van der Waals surface area contributed by atoms with Gasteiger partial charge in [0, 0.05) is 13.1 Å². The van der Waals surface area contributed by atoms with Gasteiger partial charge in [0.25, 0.3) is 0 Å². The van der Waals surface area contributed by atoms with Crippen molar-refractivity contribution in [3.05, 3.63) is 0 Å². The molecule has 1 aliphatic heterocycles. The molecule has 0 bridgehead atoms. The average Bonchev–Trinajstić information content (AvgIpc) is 2.71. The number of aliphatic hydroxyl groups is 1. The van der Waals surface area contributed by atoms with Crippen molar-refractivity contribution in [1.82, 2.24) is 4.90 Å². The number of β-amino-alcohol motifs (C(OH)–C–C–N with tert-alkyl or cyclic N) is 1. The summed E-state index contributed by atoms with van der Waals surface area (Å²) >= 11 is 0. The van der Waals surface area contributed by atoms with Crippen LogP contribution >= 0.6 is 0 Å². The minimum absolute atomic E-state index is 0.0518. The van der Waals surface area contributed by atoms with Crippen LogP contribution in [0.2, 0.25) is 0 Å². The first-order valence-electron chi connectivity index (χ1n) is 6.32. The van der Waals surface area contributed by atoms with E-state index in [0.717, 1.165) is 0 Å². The highest BCUT2D eigenvalue weighted by Gasteiger charge is 2.46. The molecule has 0 saturated carbocycles. The molecular weight excluding hydrogens is 234 g/mol. The topological polar surface area (TPSA) is 99.2 Å². The Labute approximate surface area is 107 Å². The maximum absolute atomic E-state index is 12.6. The molecule has 0 aromatic heterocycles. The first kappa shape index (κ1) is 14.8. The van der Waals surface area contributed by atoms with Crippen LogP contribution < -0.4 is 5.73 Å². The summed E-state index contributed by atoms with van der Waals surface area (Å²) in [4.78, 5) is 14.2. The number of hydrogen-bond acceptors (Lipinski definition) is 4. The molecule has 1 fully saturated rings. The molecule has 1 amide bonds. The predicted octanol–water partition coefficient (Wildman–Crippen LogP) is 0.523. The Bertz CT molecular complexity index is 348. The number of nitrogens with two attached hydrogens (primary N) is 1. The molecule has 1 atom stereocenters. The van der Waals surface area contributed by atoms with Crippen LogP contribution in [0.5, 0.6) is 0 Å². The van der Waals surface area contributed by atoms with E-state index >= 15 is 0 Å². The lowest BCUT2D eigenvalue weighted by Crippen LogP contribution is -2.51. The number of hydrogen-bond donors (Lipinski definition) is 3. The van der Waals surface area contributed by atoms with Gasteiger partial charge in [-0.25, -0.2) is 0 Å². The van der Waals surface area contributed by atoms with Crippen molar-refractivity contribution in [1.29, 1.82) is 0 Å². The van der Waals surface area contributed by atoms with Crippen molar-refractivity contribution >= 4 is 11.7 Å². The molecule has 1 aliphatic rings. The summed E-state index contributed by atoms with van der Waals surface area (Å²) in [6, 6.07) is 0. The van der Waals surface area contributed by atoms with Gasteiger partial charge in [0.05, 0.1) is 5.60 Å². The molecule has 1 heterocycles. The van der Waals surface area contributed by atoms with E-state index in [0.29, 0.717) is 32.4 Å². The number of amidine groups is 1. The lowest BCUT2D eigenvalue weighted by molar-refractivity contribution is -0.138. The summed E-state index contributed by atoms with van der Waals surface area (Å²) < 4.78 is 0. The average molecular weight is 257 g/mol. The van der Waals surface area contributed by atoms with Crippen LogP contribution in [0, 0.1) is 5.41 Å². The lowest BCUT2D eigenvalue weighted by atomic mass is 9.79. The number of likely N-dealkylation sites (tertiary alicyclic amines) is 1. The van der Waals surface area contributed by atoms with Gasteiger partial charge in [0.15, 0.2) is 5.84 Å². The smallest absolute Gasteiger partial charge is 0.236 e. The molecule has 1 unspecified atom stereocenters. The number of carbonyl (C=O) groups excluding carboxylic acids is 1. The van der Waals surface area contributed by atoms with Crippen LogP contribution in [-0.4, -0.2) is 45.6 Å². The number of nitrogens with zero attached hydrogens (tertiary/aromatic N) is 2. The molecule has 0 aromatic rings. The monoisotopic (exact) mass is 257 g/mol. The Morgan fingerprint density at radius 1 is 1.50 bits per heavy atom. The molecule has 6 nitrogen and oxygen atoms in total. The zero-order chi connectivity index (χ0) is 14.0. The second-order valence-corrected chi connectivity index (χ2v) is 5.25. The van der Waals surface area contributed by atoms with Crippen molar-refractivity contribution in [2.75, 3.05) is 13.1 Å². The highest BCUT2D eigenvalue weighted by Crippen LogP contribution is 2.32. The lowest BCUT2D eigenvalue weighted by Gasteiger charge is -2.33. The van der Waals surface area contributed by atoms with E-state index in [-0.39, 0.29) is 11.7 Å². The molecular formula is C12H23N3O3. The maximum atomic E-state index is 12.6. The van der Waals surface area contributed by atoms with Gasteiger partial charge in [-0.3, -0.25) is 4.79 Å². The van der Waals surface area contributed by atoms with Crippen molar-refractivity contribution in [3.63, 3.8) is 0 Å². The Hall–Kier alpha value is -1.30. The highest BCUT2D eigenvalue weighted by atomic mass is 16.4. The summed E-state index contributed by atoms with van der Waals surface area (Å²) in [6.07, 6.45) is 1.49. The third-order valence-electron chi connectivity index (χ3n) is 3.95. The van der Waals surface area contributed by atoms with Crippen LogP contribution in [0.4, 0.5) is 0 Å². The van der Waals surface area contributed by atoms with E-state index in [1.807, 2.05) is 13.8 Å². The van der Waals surface area contributed by atoms with Gasteiger partial charge < -0.3 is 20.9 Å². The van der Waals surface area contributed by atoms with Crippen LogP contribution in [0.1, 0.15) is 40.0 Å². The Kier molecular flexibility index (Phi) is 4.21. The standard InChI is InChI=1S/C12H23N3O3/c1-4-12(5-2,9(13)14-18)10(16)15-7-6-11(3,17)8-15/h17-18H,4-8H2,1-3H3,(H2,13,14). The molecule has 6 heteroatoms. The van der Waals surface area contributed by atoms with Crippen LogP contribution in [0.3, 0.4) is 0 Å². The molecule has 0 aromatic carbocycles. The third kappa shape index (κ3) is 2.43. The van der Waals surface area contributed by atoms with Crippen LogP contribution in [0.25, 0.3) is 0 Å². The summed E-state index contributed by atoms with van der Waals surface area (Å²) in [7, 11) is 0. The van der Waals surface area contributed by atoms with Gasteiger partial charge in [-0.1, -0.05) is 19.0 Å². The zero-order valence-corrected chi connectivity index (χ0v) is 11.3. The zero-order valence-electron chi connectivity index (χ0n) is 11.3. The molecule has 0 aliphatic carbocycles. The summed E-state index contributed by atoms with van der Waals surface area (Å²) in [5.41, 5.74) is 3.90. The highest BCUT2D eigenvalue weighted by molar-refractivity contribution is 6.06. The fourth-order valence-corrected chi connectivity index (χ4v) is 2.54. The Morgan fingerprint density at radius 3 is 2.39 bits per heavy atom. The van der Waals surface area contributed by atoms with Crippen molar-refractivity contribution in [3.8, 4) is 0 Å². The van der Waals surface area contributed by atoms with Crippen molar-refractivity contribution < 1.29 is 15.1 Å². The number of oxime groups is 1. The normalized spacial score (nSPS) is 25.6. The third-order valence-corrected chi connectivity index (χ3v) is 3.95. The molecule has 0 spiro atoms. The van der Waals surface area contributed by atoms with Gasteiger partial charge in [-0.05, 0) is 26.2 Å². The minimum atomic E-state index is -0.963. The second kappa shape index (κ2) is 5.14. The molecule has 0 radical (unpaired) electrons. The van der Waals surface area contributed by atoms with Gasteiger partial charge >= 0.3 is 0 Å². The first-order chi connectivity index (χ1) is 8.33. The number of rotatable bonds is 4. The molecule has 1 rings (SSSR count). The van der Waals surface area contributed by atoms with Crippen LogP contribution in [-0.2, 0) is 4.79 Å². The van der Waals surface area contributed by atoms with Gasteiger partial charge in [-0.2, -0.15) is 0 Å². The predicted molar refractivity (Wildman–Crippen MR) is 68.2 cm³/mol. The van der Waals surface area contributed by atoms with Gasteiger partial charge in [0.2, 0.25) is 5.91 Å². The van der Waals surface area contributed by atoms with Crippen molar-refractivity contribution in [2.45, 2.75) is 45.6 Å². The second-order valence-electron chi connectivity index (χ2n) is 5.25. The minimum Gasteiger partial charge on any atom is -0.409 e. The van der Waals surface area contributed by atoms with E-state index in [1.54, 1.807) is 11.8 Å². The largest absolute Gasteiger partial charge is 0.409 e. The maximum Gasteiger partial charge on any atom is 0.236 e. The van der Waals surface area contributed by atoms with E-state index in [4.69, 9.17) is 10.9 Å². The fourth-order valence-electron chi connectivity index (χ4n) is 2.54. The molecule has 4 N–H and O–H groups in total. The van der Waals surface area contributed by atoms with E-state index in [9.17, 15) is 9.90 Å².